The number of phosphoric ester groups is 2. The first kappa shape index (κ1) is 88.1. The van der Waals surface area contributed by atoms with Crippen molar-refractivity contribution in [2.24, 2.45) is 11.8 Å². The van der Waals surface area contributed by atoms with Gasteiger partial charge in [0.05, 0.1) is 26.4 Å². The molecule has 0 aromatic rings. The SMILES string of the molecule is CCCCCCCCCCCCCCCC(=O)OC[C@H](COP(=O)(O)OC[C@@H](O)COP(=O)(O)OC[C@@H](COC(=O)CCCCCCCCCCCCCC)OC(=O)CCCCCCCCCCC(C)CC)OC(=O)CCCCCCCCCCCCC(C)C. The number of carbonyl (C=O) groups excluding carboxylic acids is 4. The van der Waals surface area contributed by atoms with Crippen molar-refractivity contribution in [2.75, 3.05) is 39.6 Å². The number of esters is 4. The van der Waals surface area contributed by atoms with Gasteiger partial charge >= 0.3 is 39.5 Å². The lowest BCUT2D eigenvalue weighted by Gasteiger charge is -2.21. The van der Waals surface area contributed by atoms with Crippen LogP contribution in [0.2, 0.25) is 0 Å². The van der Waals surface area contributed by atoms with E-state index in [9.17, 15) is 43.2 Å². The summed E-state index contributed by atoms with van der Waals surface area (Å²) in [7, 11) is -9.90. The Balaban J connectivity index is 5.27. The van der Waals surface area contributed by atoms with Gasteiger partial charge in [0.1, 0.15) is 19.3 Å². The van der Waals surface area contributed by atoms with E-state index in [4.69, 9.17) is 37.0 Å². The first-order valence-electron chi connectivity index (χ1n) is 37.0. The lowest BCUT2D eigenvalue weighted by molar-refractivity contribution is -0.161. The summed E-state index contributed by atoms with van der Waals surface area (Å²) in [6.07, 6.45) is 48.4. The van der Waals surface area contributed by atoms with Crippen LogP contribution in [0.25, 0.3) is 0 Å². The zero-order chi connectivity index (χ0) is 66.5. The van der Waals surface area contributed by atoms with Crippen LogP contribution in [0.3, 0.4) is 0 Å². The second-order valence-electron chi connectivity index (χ2n) is 26.3. The number of aliphatic hydroxyl groups is 1. The van der Waals surface area contributed by atoms with Crippen LogP contribution in [-0.4, -0.2) is 96.7 Å². The standard InChI is InChI=1S/C71H138O17P2/c1-7-10-12-14-16-18-20-22-24-29-36-42-48-54-69(74)81-59-66(87-70(75)55-49-43-37-30-26-25-27-33-39-45-51-63(4)5)61-85-89(77,78)83-57-65(72)58-84-90(79,80)86-62-67(88-71(76)56-50-44-38-32-31-34-40-46-52-64(6)9-3)60-82-68(73)53-47-41-35-28-23-21-19-17-15-13-11-8-2/h63-67,72H,7-62H2,1-6H3,(H,77,78)(H,79,80)/t64?,65-,66-,67-/m1/s1. The molecule has 534 valence electrons. The number of aliphatic hydroxyl groups excluding tert-OH is 1. The molecule has 19 heteroatoms. The second-order valence-corrected chi connectivity index (χ2v) is 29.3. The molecule has 6 atom stereocenters. The van der Waals surface area contributed by atoms with Crippen LogP contribution in [0.1, 0.15) is 363 Å². The average Bonchev–Trinajstić information content (AvgIpc) is 3.18. The highest BCUT2D eigenvalue weighted by Crippen LogP contribution is 2.45. The number of hydrogen-bond donors (Lipinski definition) is 3. The summed E-state index contributed by atoms with van der Waals surface area (Å²) < 4.78 is 68.3. The number of carbonyl (C=O) groups is 4. The van der Waals surface area contributed by atoms with Crippen molar-refractivity contribution < 1.29 is 80.2 Å². The third-order valence-electron chi connectivity index (χ3n) is 16.8. The minimum absolute atomic E-state index is 0.105. The van der Waals surface area contributed by atoms with E-state index in [0.717, 1.165) is 102 Å². The van der Waals surface area contributed by atoms with Gasteiger partial charge in [0, 0.05) is 25.7 Å². The number of unbranched alkanes of at least 4 members (excludes halogenated alkanes) is 39. The van der Waals surface area contributed by atoms with Crippen LogP contribution >= 0.6 is 15.6 Å². The Morgan fingerprint density at radius 2 is 0.567 bits per heavy atom. The third kappa shape index (κ3) is 63.5. The predicted molar refractivity (Wildman–Crippen MR) is 363 cm³/mol. The largest absolute Gasteiger partial charge is 0.472 e. The Hall–Kier alpha value is -1.94. The van der Waals surface area contributed by atoms with Gasteiger partial charge < -0.3 is 33.8 Å². The van der Waals surface area contributed by atoms with Gasteiger partial charge in [-0.15, -0.1) is 0 Å². The molecule has 0 saturated carbocycles. The molecular formula is C71H138O17P2. The molecular weight excluding hydrogens is 1190 g/mol. The highest BCUT2D eigenvalue weighted by molar-refractivity contribution is 7.47. The Kier molecular flexibility index (Phi) is 61.8. The van der Waals surface area contributed by atoms with Crippen molar-refractivity contribution in [1.82, 2.24) is 0 Å². The molecule has 90 heavy (non-hydrogen) atoms. The Morgan fingerprint density at radius 3 is 0.844 bits per heavy atom. The van der Waals surface area contributed by atoms with E-state index < -0.39 is 97.5 Å². The third-order valence-corrected chi connectivity index (χ3v) is 18.7. The molecule has 3 N–H and O–H groups in total. The minimum atomic E-state index is -4.95. The molecule has 0 heterocycles. The van der Waals surface area contributed by atoms with Gasteiger partial charge in [-0.05, 0) is 37.5 Å². The molecule has 0 saturated heterocycles. The molecule has 0 bridgehead atoms. The predicted octanol–water partition coefficient (Wildman–Crippen LogP) is 20.4. The fourth-order valence-electron chi connectivity index (χ4n) is 10.7. The maximum absolute atomic E-state index is 13.0. The summed E-state index contributed by atoms with van der Waals surface area (Å²) >= 11 is 0. The van der Waals surface area contributed by atoms with Crippen molar-refractivity contribution in [2.45, 2.75) is 381 Å². The van der Waals surface area contributed by atoms with Crippen molar-refractivity contribution in [1.29, 1.82) is 0 Å². The van der Waals surface area contributed by atoms with Crippen LogP contribution in [-0.2, 0) is 65.4 Å². The van der Waals surface area contributed by atoms with E-state index in [-0.39, 0.29) is 25.7 Å². The van der Waals surface area contributed by atoms with E-state index in [0.29, 0.717) is 25.7 Å². The summed E-state index contributed by atoms with van der Waals surface area (Å²) in [4.78, 5) is 72.6. The molecule has 0 aliphatic carbocycles. The molecule has 17 nitrogen and oxygen atoms in total. The van der Waals surface area contributed by atoms with Crippen LogP contribution in [0, 0.1) is 11.8 Å². The molecule has 0 fully saturated rings. The first-order valence-corrected chi connectivity index (χ1v) is 40.0. The molecule has 0 rings (SSSR count). The van der Waals surface area contributed by atoms with E-state index in [1.54, 1.807) is 0 Å². The summed E-state index contributed by atoms with van der Waals surface area (Å²) in [5.74, 6) is -0.600. The number of hydrogen-bond acceptors (Lipinski definition) is 15. The average molecular weight is 1330 g/mol. The van der Waals surface area contributed by atoms with Crippen molar-refractivity contribution >= 4 is 39.5 Å². The van der Waals surface area contributed by atoms with Crippen molar-refractivity contribution in [3.8, 4) is 0 Å². The van der Waals surface area contributed by atoms with Gasteiger partial charge in [0.25, 0.3) is 0 Å². The van der Waals surface area contributed by atoms with Gasteiger partial charge in [-0.2, -0.15) is 0 Å². The van der Waals surface area contributed by atoms with E-state index in [1.165, 1.54) is 180 Å². The molecule has 0 aromatic carbocycles. The molecule has 0 spiro atoms. The van der Waals surface area contributed by atoms with Crippen LogP contribution in [0.15, 0.2) is 0 Å². The smallest absolute Gasteiger partial charge is 0.462 e. The summed E-state index contributed by atoms with van der Waals surface area (Å²) in [5, 5.41) is 10.6. The summed E-state index contributed by atoms with van der Waals surface area (Å²) in [6.45, 7) is 9.55. The van der Waals surface area contributed by atoms with Crippen molar-refractivity contribution in [3.63, 3.8) is 0 Å². The maximum Gasteiger partial charge on any atom is 0.472 e. The van der Waals surface area contributed by atoms with Gasteiger partial charge in [-0.25, -0.2) is 9.13 Å². The Bertz CT molecular complexity index is 1750. The quantitative estimate of drug-likeness (QED) is 0.0222. The number of rotatable bonds is 70. The fourth-order valence-corrected chi connectivity index (χ4v) is 12.3. The van der Waals surface area contributed by atoms with Crippen LogP contribution < -0.4 is 0 Å². The summed E-state index contributed by atoms with van der Waals surface area (Å²) in [5.41, 5.74) is 0. The molecule has 0 aromatic heterocycles. The van der Waals surface area contributed by atoms with Gasteiger partial charge in [-0.1, -0.05) is 311 Å². The minimum Gasteiger partial charge on any atom is -0.462 e. The first-order chi connectivity index (χ1) is 43.4. The van der Waals surface area contributed by atoms with Crippen LogP contribution in [0.4, 0.5) is 0 Å². The number of phosphoric acid groups is 2. The topological polar surface area (TPSA) is 237 Å². The lowest BCUT2D eigenvalue weighted by Crippen LogP contribution is -2.30. The highest BCUT2D eigenvalue weighted by Gasteiger charge is 2.30. The Labute approximate surface area is 549 Å². The van der Waals surface area contributed by atoms with E-state index >= 15 is 0 Å². The molecule has 0 radical (unpaired) electrons. The second kappa shape index (κ2) is 63.1. The normalized spacial score (nSPS) is 14.4. The maximum atomic E-state index is 13.0. The monoisotopic (exact) mass is 1320 g/mol. The molecule has 0 aliphatic heterocycles. The van der Waals surface area contributed by atoms with E-state index in [1.807, 2.05) is 0 Å². The summed E-state index contributed by atoms with van der Waals surface area (Å²) in [6, 6.07) is 0. The zero-order valence-electron chi connectivity index (χ0n) is 58.4. The van der Waals surface area contributed by atoms with E-state index in [2.05, 4.69) is 41.5 Å². The Morgan fingerprint density at radius 1 is 0.322 bits per heavy atom. The molecule has 0 amide bonds. The zero-order valence-corrected chi connectivity index (χ0v) is 60.2. The van der Waals surface area contributed by atoms with Crippen molar-refractivity contribution in [3.05, 3.63) is 0 Å². The fraction of sp³-hybridized carbons (Fsp3) is 0.944. The number of ether oxygens (including phenoxy) is 4. The molecule has 0 aliphatic rings. The van der Waals surface area contributed by atoms with Crippen LogP contribution in [0.5, 0.6) is 0 Å². The van der Waals surface area contributed by atoms with Gasteiger partial charge in [0.2, 0.25) is 0 Å². The molecule has 3 unspecified atom stereocenters. The van der Waals surface area contributed by atoms with Gasteiger partial charge in [0.15, 0.2) is 12.2 Å². The lowest BCUT2D eigenvalue weighted by atomic mass is 9.99. The highest BCUT2D eigenvalue weighted by atomic mass is 31.2. The van der Waals surface area contributed by atoms with Gasteiger partial charge in [-0.3, -0.25) is 37.3 Å².